The molecule has 2 atom stereocenters. The first-order valence-electron chi connectivity index (χ1n) is 4.83. The van der Waals surface area contributed by atoms with Crippen LogP contribution in [0.3, 0.4) is 0 Å². The average molecular weight is 188 g/mol. The van der Waals surface area contributed by atoms with E-state index < -0.39 is 0 Å². The van der Waals surface area contributed by atoms with Crippen molar-refractivity contribution in [3.8, 4) is 0 Å². The third-order valence-corrected chi connectivity index (χ3v) is 3.64. The van der Waals surface area contributed by atoms with Crippen molar-refractivity contribution in [3.63, 3.8) is 0 Å². The zero-order chi connectivity index (χ0) is 9.03. The summed E-state index contributed by atoms with van der Waals surface area (Å²) >= 11 is 1.92. The maximum Gasteiger partial charge on any atom is 0.0545 e. The summed E-state index contributed by atoms with van der Waals surface area (Å²) in [4.78, 5) is 0. The molecule has 0 saturated heterocycles. The first-order chi connectivity index (χ1) is 5.66. The van der Waals surface area contributed by atoms with E-state index in [1.54, 1.807) is 0 Å². The molecule has 2 heteroatoms. The lowest BCUT2D eigenvalue weighted by Gasteiger charge is -2.22. The van der Waals surface area contributed by atoms with Gasteiger partial charge in [0.25, 0.3) is 0 Å². The zero-order valence-corrected chi connectivity index (χ0v) is 8.99. The number of aliphatic hydroxyl groups excluding tert-OH is 1. The largest absolute Gasteiger partial charge is 0.393 e. The molecular formula is C10H20OS. The molecule has 0 heterocycles. The van der Waals surface area contributed by atoms with Gasteiger partial charge in [0.1, 0.15) is 0 Å². The molecule has 0 amide bonds. The highest BCUT2D eigenvalue weighted by atomic mass is 32.2. The number of rotatable bonds is 4. The molecule has 0 aromatic heterocycles. The second kappa shape index (κ2) is 4.52. The quantitative estimate of drug-likeness (QED) is 0.684. The molecule has 0 aromatic rings. The van der Waals surface area contributed by atoms with E-state index in [1.165, 1.54) is 25.0 Å². The Morgan fingerprint density at radius 1 is 1.58 bits per heavy atom. The Morgan fingerprint density at radius 3 is 2.83 bits per heavy atom. The van der Waals surface area contributed by atoms with Crippen LogP contribution >= 0.6 is 11.8 Å². The summed E-state index contributed by atoms with van der Waals surface area (Å²) in [7, 11) is 0. The van der Waals surface area contributed by atoms with Crippen LogP contribution in [0.2, 0.25) is 0 Å². The van der Waals surface area contributed by atoms with Crippen LogP contribution in [0, 0.1) is 5.41 Å². The normalized spacial score (nSPS) is 35.8. The van der Waals surface area contributed by atoms with E-state index >= 15 is 0 Å². The number of hydrogen-bond donors (Lipinski definition) is 1. The summed E-state index contributed by atoms with van der Waals surface area (Å²) < 4.78 is 0. The molecular weight excluding hydrogens is 168 g/mol. The van der Waals surface area contributed by atoms with Gasteiger partial charge in [-0.15, -0.1) is 0 Å². The van der Waals surface area contributed by atoms with E-state index in [9.17, 15) is 5.11 Å². The maximum atomic E-state index is 9.42. The molecule has 2 unspecified atom stereocenters. The predicted molar refractivity (Wildman–Crippen MR) is 55.6 cm³/mol. The van der Waals surface area contributed by atoms with Gasteiger partial charge in [-0.1, -0.05) is 6.92 Å². The Hall–Kier alpha value is 0.310. The lowest BCUT2D eigenvalue weighted by molar-refractivity contribution is 0.160. The summed E-state index contributed by atoms with van der Waals surface area (Å²) in [6, 6.07) is 0. The van der Waals surface area contributed by atoms with Gasteiger partial charge in [-0.05, 0) is 49.5 Å². The molecule has 0 radical (unpaired) electrons. The summed E-state index contributed by atoms with van der Waals surface area (Å²) in [5.74, 6) is 1.27. The van der Waals surface area contributed by atoms with Gasteiger partial charge in [0, 0.05) is 0 Å². The van der Waals surface area contributed by atoms with E-state index in [1.807, 2.05) is 11.8 Å². The minimum absolute atomic E-state index is 0.00993. The van der Waals surface area contributed by atoms with Gasteiger partial charge in [-0.3, -0.25) is 0 Å². The van der Waals surface area contributed by atoms with Crippen LogP contribution in [0.15, 0.2) is 0 Å². The van der Waals surface area contributed by atoms with E-state index in [-0.39, 0.29) is 6.10 Å². The maximum absolute atomic E-state index is 9.42. The molecule has 1 aliphatic carbocycles. The van der Waals surface area contributed by atoms with Crippen molar-refractivity contribution in [3.05, 3.63) is 0 Å². The fourth-order valence-electron chi connectivity index (χ4n) is 2.16. The van der Waals surface area contributed by atoms with E-state index in [2.05, 4.69) is 13.2 Å². The van der Waals surface area contributed by atoms with Crippen LogP contribution in [0.5, 0.6) is 0 Å². The molecule has 72 valence electrons. The molecule has 1 fully saturated rings. The molecule has 12 heavy (non-hydrogen) atoms. The van der Waals surface area contributed by atoms with Crippen LogP contribution in [-0.2, 0) is 0 Å². The van der Waals surface area contributed by atoms with Crippen molar-refractivity contribution < 1.29 is 5.11 Å². The molecule has 0 spiro atoms. The van der Waals surface area contributed by atoms with Crippen LogP contribution < -0.4 is 0 Å². The Kier molecular flexibility index (Phi) is 3.91. The van der Waals surface area contributed by atoms with Gasteiger partial charge in [0.05, 0.1) is 6.10 Å². The average Bonchev–Trinajstić information content (AvgIpc) is 2.32. The molecule has 1 rings (SSSR count). The van der Waals surface area contributed by atoms with Gasteiger partial charge < -0.3 is 5.11 Å². The molecule has 1 nitrogen and oxygen atoms in total. The van der Waals surface area contributed by atoms with Gasteiger partial charge in [0.2, 0.25) is 0 Å². The first kappa shape index (κ1) is 10.4. The Bertz CT molecular complexity index is 138. The standard InChI is InChI=1S/C10H20OS/c1-10(5-3-7-12-2)6-4-9(11)8-10/h9,11H,3-8H2,1-2H3. The third kappa shape index (κ3) is 2.98. The van der Waals surface area contributed by atoms with Crippen molar-refractivity contribution >= 4 is 11.8 Å². The van der Waals surface area contributed by atoms with E-state index in [0.29, 0.717) is 5.41 Å². The van der Waals surface area contributed by atoms with Crippen molar-refractivity contribution in [1.29, 1.82) is 0 Å². The third-order valence-electron chi connectivity index (χ3n) is 2.94. The van der Waals surface area contributed by atoms with Gasteiger partial charge in [-0.25, -0.2) is 0 Å². The molecule has 1 aliphatic rings. The SMILES string of the molecule is CSCCCC1(C)CCC(O)C1. The minimum Gasteiger partial charge on any atom is -0.393 e. The Morgan fingerprint density at radius 2 is 2.33 bits per heavy atom. The first-order valence-corrected chi connectivity index (χ1v) is 6.23. The van der Waals surface area contributed by atoms with Crippen molar-refractivity contribution in [2.45, 2.75) is 45.1 Å². The lowest BCUT2D eigenvalue weighted by Crippen LogP contribution is -2.13. The van der Waals surface area contributed by atoms with Crippen molar-refractivity contribution in [2.75, 3.05) is 12.0 Å². The molecule has 0 bridgehead atoms. The fraction of sp³-hybridized carbons (Fsp3) is 1.00. The smallest absolute Gasteiger partial charge is 0.0545 e. The zero-order valence-electron chi connectivity index (χ0n) is 8.18. The number of thioether (sulfide) groups is 1. The summed E-state index contributed by atoms with van der Waals surface area (Å²) in [6.07, 6.45) is 8.03. The Labute approximate surface area is 79.9 Å². The van der Waals surface area contributed by atoms with Crippen LogP contribution in [0.1, 0.15) is 39.0 Å². The summed E-state index contributed by atoms with van der Waals surface area (Å²) in [5.41, 5.74) is 0.454. The highest BCUT2D eigenvalue weighted by Crippen LogP contribution is 2.41. The Balaban J connectivity index is 2.21. The second-order valence-corrected chi connectivity index (χ2v) is 5.29. The summed E-state index contributed by atoms with van der Waals surface area (Å²) in [5, 5.41) is 9.42. The molecule has 1 N–H and O–H groups in total. The lowest BCUT2D eigenvalue weighted by atomic mass is 9.84. The molecule has 1 saturated carbocycles. The van der Waals surface area contributed by atoms with Crippen LogP contribution in [0.4, 0.5) is 0 Å². The van der Waals surface area contributed by atoms with Gasteiger partial charge in [0.15, 0.2) is 0 Å². The molecule has 0 aromatic carbocycles. The topological polar surface area (TPSA) is 20.2 Å². The monoisotopic (exact) mass is 188 g/mol. The van der Waals surface area contributed by atoms with Gasteiger partial charge >= 0.3 is 0 Å². The van der Waals surface area contributed by atoms with Crippen LogP contribution in [-0.4, -0.2) is 23.2 Å². The van der Waals surface area contributed by atoms with Gasteiger partial charge in [-0.2, -0.15) is 11.8 Å². The van der Waals surface area contributed by atoms with E-state index in [4.69, 9.17) is 0 Å². The van der Waals surface area contributed by atoms with Crippen molar-refractivity contribution in [1.82, 2.24) is 0 Å². The van der Waals surface area contributed by atoms with E-state index in [0.717, 1.165) is 12.8 Å². The second-order valence-electron chi connectivity index (χ2n) is 4.30. The van der Waals surface area contributed by atoms with Crippen molar-refractivity contribution in [2.24, 2.45) is 5.41 Å². The molecule has 0 aliphatic heterocycles. The van der Waals surface area contributed by atoms with Crippen LogP contribution in [0.25, 0.3) is 0 Å². The highest BCUT2D eigenvalue weighted by Gasteiger charge is 2.33. The summed E-state index contributed by atoms with van der Waals surface area (Å²) in [6.45, 7) is 2.32. The minimum atomic E-state index is -0.00993. The highest BCUT2D eigenvalue weighted by molar-refractivity contribution is 7.98. The predicted octanol–water partition coefficient (Wildman–Crippen LogP) is 2.68. The number of aliphatic hydroxyl groups is 1. The fourth-order valence-corrected chi connectivity index (χ4v) is 2.59. The number of hydrogen-bond acceptors (Lipinski definition) is 2.